The molecule has 1 N–H and O–H groups in total. The highest BCUT2D eigenvalue weighted by molar-refractivity contribution is 9.10. The summed E-state index contributed by atoms with van der Waals surface area (Å²) in [6.45, 7) is 2.46. The first-order valence-corrected chi connectivity index (χ1v) is 8.10. The van der Waals surface area contributed by atoms with Crippen LogP contribution in [0.5, 0.6) is 5.75 Å². The largest absolute Gasteiger partial charge is 0.489 e. The summed E-state index contributed by atoms with van der Waals surface area (Å²) < 4.78 is 6.95. The van der Waals surface area contributed by atoms with Crippen LogP contribution in [0.15, 0.2) is 40.9 Å². The first-order valence-electron chi connectivity index (χ1n) is 6.55. The molecule has 0 aliphatic carbocycles. The Labute approximate surface area is 143 Å². The molecule has 0 fully saturated rings. The highest BCUT2D eigenvalue weighted by Gasteiger charge is 2.12. The maximum Gasteiger partial charge on any atom is 0.124 e. The van der Waals surface area contributed by atoms with E-state index in [4.69, 9.17) is 27.9 Å². The first-order chi connectivity index (χ1) is 10.0. The second-order valence-corrected chi connectivity index (χ2v) is 6.39. The second kappa shape index (κ2) is 7.50. The summed E-state index contributed by atoms with van der Waals surface area (Å²) in [7, 11) is 1.92. The van der Waals surface area contributed by atoms with E-state index in [0.29, 0.717) is 16.7 Å². The van der Waals surface area contributed by atoms with Crippen molar-refractivity contribution in [2.75, 3.05) is 7.05 Å². The fourth-order valence-electron chi connectivity index (χ4n) is 1.96. The lowest BCUT2D eigenvalue weighted by molar-refractivity contribution is 0.300. The molecule has 21 heavy (non-hydrogen) atoms. The summed E-state index contributed by atoms with van der Waals surface area (Å²) in [6, 6.07) is 11.7. The molecule has 0 radical (unpaired) electrons. The van der Waals surface area contributed by atoms with Crippen molar-refractivity contribution in [1.29, 1.82) is 0 Å². The minimum atomic E-state index is 0.187. The van der Waals surface area contributed by atoms with Crippen molar-refractivity contribution < 1.29 is 4.74 Å². The number of rotatable bonds is 5. The van der Waals surface area contributed by atoms with Crippen molar-refractivity contribution in [3.63, 3.8) is 0 Å². The number of halogens is 3. The third-order valence-electron chi connectivity index (χ3n) is 3.29. The number of benzene rings is 2. The fraction of sp³-hybridized carbons (Fsp3) is 0.250. The molecule has 112 valence electrons. The van der Waals surface area contributed by atoms with Crippen LogP contribution in [0.25, 0.3) is 0 Å². The van der Waals surface area contributed by atoms with E-state index in [0.717, 1.165) is 21.3 Å². The summed E-state index contributed by atoms with van der Waals surface area (Å²) in [6.07, 6.45) is 0. The van der Waals surface area contributed by atoms with E-state index in [1.54, 1.807) is 6.07 Å². The highest BCUT2D eigenvalue weighted by atomic mass is 79.9. The van der Waals surface area contributed by atoms with E-state index in [1.807, 2.05) is 31.3 Å². The van der Waals surface area contributed by atoms with Crippen LogP contribution in [0.4, 0.5) is 0 Å². The van der Waals surface area contributed by atoms with Gasteiger partial charge in [0.2, 0.25) is 0 Å². The summed E-state index contributed by atoms with van der Waals surface area (Å²) in [5, 5.41) is 4.30. The Morgan fingerprint density at radius 2 is 2.00 bits per heavy atom. The monoisotopic (exact) mass is 387 g/mol. The Kier molecular flexibility index (Phi) is 5.94. The molecular formula is C16H16BrCl2NO. The molecule has 2 aromatic rings. The fourth-order valence-corrected chi connectivity index (χ4v) is 2.71. The lowest BCUT2D eigenvalue weighted by Crippen LogP contribution is -2.14. The van der Waals surface area contributed by atoms with Gasteiger partial charge >= 0.3 is 0 Å². The standard InChI is InChI=1S/C16H16BrCl2NO/c1-10(20-2)13-8-12(17)6-7-15(13)21-9-11-4-3-5-14(18)16(11)19/h3-8,10,20H,9H2,1-2H3. The van der Waals surface area contributed by atoms with Crippen molar-refractivity contribution in [1.82, 2.24) is 5.32 Å². The quantitative estimate of drug-likeness (QED) is 0.718. The normalized spacial score (nSPS) is 12.2. The van der Waals surface area contributed by atoms with Gasteiger partial charge < -0.3 is 10.1 Å². The van der Waals surface area contributed by atoms with Gasteiger partial charge in [0.05, 0.1) is 10.0 Å². The minimum Gasteiger partial charge on any atom is -0.489 e. The van der Waals surface area contributed by atoms with E-state index in [9.17, 15) is 0 Å². The Morgan fingerprint density at radius 1 is 1.24 bits per heavy atom. The smallest absolute Gasteiger partial charge is 0.124 e. The van der Waals surface area contributed by atoms with Crippen LogP contribution >= 0.6 is 39.1 Å². The third kappa shape index (κ3) is 4.13. The molecule has 0 saturated carbocycles. The zero-order chi connectivity index (χ0) is 15.4. The van der Waals surface area contributed by atoms with Gasteiger partial charge in [0.15, 0.2) is 0 Å². The van der Waals surface area contributed by atoms with Gasteiger partial charge in [-0.05, 0) is 38.2 Å². The molecular weight excluding hydrogens is 373 g/mol. The van der Waals surface area contributed by atoms with Gasteiger partial charge in [0, 0.05) is 21.6 Å². The summed E-state index contributed by atoms with van der Waals surface area (Å²) in [4.78, 5) is 0. The molecule has 0 aromatic heterocycles. The van der Waals surface area contributed by atoms with Crippen LogP contribution in [-0.2, 0) is 6.61 Å². The van der Waals surface area contributed by atoms with Crippen LogP contribution in [0, 0.1) is 0 Å². The van der Waals surface area contributed by atoms with Crippen molar-refractivity contribution >= 4 is 39.1 Å². The van der Waals surface area contributed by atoms with Crippen molar-refractivity contribution in [2.24, 2.45) is 0 Å². The summed E-state index contributed by atoms with van der Waals surface area (Å²) in [5.41, 5.74) is 1.96. The predicted octanol–water partition coefficient (Wildman–Crippen LogP) is 5.62. The SMILES string of the molecule is CNC(C)c1cc(Br)ccc1OCc1cccc(Cl)c1Cl. The van der Waals surface area contributed by atoms with Crippen LogP contribution in [0.1, 0.15) is 24.1 Å². The second-order valence-electron chi connectivity index (χ2n) is 4.69. The molecule has 0 amide bonds. The lowest BCUT2D eigenvalue weighted by atomic mass is 10.1. The van der Waals surface area contributed by atoms with Gasteiger partial charge in [-0.2, -0.15) is 0 Å². The van der Waals surface area contributed by atoms with Gasteiger partial charge in [-0.3, -0.25) is 0 Å². The molecule has 5 heteroatoms. The van der Waals surface area contributed by atoms with Crippen molar-refractivity contribution in [3.05, 3.63) is 62.0 Å². The number of ether oxygens (including phenoxy) is 1. The average Bonchev–Trinajstić information content (AvgIpc) is 2.49. The lowest BCUT2D eigenvalue weighted by Gasteiger charge is -2.17. The first kappa shape index (κ1) is 16.6. The van der Waals surface area contributed by atoms with Gasteiger partial charge in [-0.15, -0.1) is 0 Å². The Balaban J connectivity index is 2.22. The van der Waals surface area contributed by atoms with Gasteiger partial charge in [0.25, 0.3) is 0 Å². The third-order valence-corrected chi connectivity index (χ3v) is 4.64. The average molecular weight is 389 g/mol. The minimum absolute atomic E-state index is 0.187. The Bertz CT molecular complexity index is 634. The summed E-state index contributed by atoms with van der Waals surface area (Å²) >= 11 is 15.7. The van der Waals surface area contributed by atoms with E-state index < -0.39 is 0 Å². The number of nitrogens with one attached hydrogen (secondary N) is 1. The van der Waals surface area contributed by atoms with E-state index >= 15 is 0 Å². The van der Waals surface area contributed by atoms with E-state index in [1.165, 1.54) is 0 Å². The Morgan fingerprint density at radius 3 is 2.71 bits per heavy atom. The molecule has 0 heterocycles. The van der Waals surface area contributed by atoms with Crippen molar-refractivity contribution in [2.45, 2.75) is 19.6 Å². The number of hydrogen-bond donors (Lipinski definition) is 1. The molecule has 2 aromatic carbocycles. The zero-order valence-electron chi connectivity index (χ0n) is 11.8. The summed E-state index contributed by atoms with van der Waals surface area (Å²) in [5.74, 6) is 0.830. The molecule has 0 saturated heterocycles. The van der Waals surface area contributed by atoms with Gasteiger partial charge in [0.1, 0.15) is 12.4 Å². The molecule has 0 aliphatic heterocycles. The maximum atomic E-state index is 6.18. The van der Waals surface area contributed by atoms with Gasteiger partial charge in [-0.25, -0.2) is 0 Å². The van der Waals surface area contributed by atoms with E-state index in [-0.39, 0.29) is 6.04 Å². The molecule has 2 nitrogen and oxygen atoms in total. The molecule has 0 spiro atoms. The highest BCUT2D eigenvalue weighted by Crippen LogP contribution is 2.31. The van der Waals surface area contributed by atoms with Crippen molar-refractivity contribution in [3.8, 4) is 5.75 Å². The van der Waals surface area contributed by atoms with Crippen LogP contribution in [-0.4, -0.2) is 7.05 Å². The van der Waals surface area contributed by atoms with Crippen LogP contribution < -0.4 is 10.1 Å². The Hall–Kier alpha value is -0.740. The molecule has 2 rings (SSSR count). The topological polar surface area (TPSA) is 21.3 Å². The van der Waals surface area contributed by atoms with Crippen LogP contribution in [0.3, 0.4) is 0 Å². The van der Waals surface area contributed by atoms with Crippen LogP contribution in [0.2, 0.25) is 10.0 Å². The van der Waals surface area contributed by atoms with E-state index in [2.05, 4.69) is 34.2 Å². The van der Waals surface area contributed by atoms with Gasteiger partial charge in [-0.1, -0.05) is 51.3 Å². The number of hydrogen-bond acceptors (Lipinski definition) is 2. The molecule has 0 bridgehead atoms. The predicted molar refractivity (Wildman–Crippen MR) is 92.4 cm³/mol. The zero-order valence-corrected chi connectivity index (χ0v) is 14.9. The molecule has 0 aliphatic rings. The molecule has 1 unspecified atom stereocenters. The maximum absolute atomic E-state index is 6.18. The molecule has 1 atom stereocenters.